The molecule has 0 aliphatic carbocycles. The van der Waals surface area contributed by atoms with Gasteiger partial charge in [-0.25, -0.2) is 0 Å². The molecule has 3 heteroatoms. The van der Waals surface area contributed by atoms with E-state index in [-0.39, 0.29) is 0 Å². The van der Waals surface area contributed by atoms with E-state index in [0.717, 1.165) is 44.1 Å². The van der Waals surface area contributed by atoms with Gasteiger partial charge in [0.1, 0.15) is 0 Å². The molecule has 1 aromatic rings. The standard InChI is InChI=1S/C23H36O3/c1-5-9-12-15-24-21-18-20(8-4)19-22(25-16-13-10-6-2)23(21)26-17-14-11-7-3/h4,18-19H,5-7,9-17H2,1-3H3. The molecular weight excluding hydrogens is 324 g/mol. The van der Waals surface area contributed by atoms with Crippen molar-refractivity contribution in [1.29, 1.82) is 0 Å². The first-order chi connectivity index (χ1) is 12.8. The zero-order chi connectivity index (χ0) is 19.0. The fourth-order valence-electron chi connectivity index (χ4n) is 2.61. The molecule has 0 saturated carbocycles. The van der Waals surface area contributed by atoms with E-state index in [4.69, 9.17) is 20.6 Å². The Morgan fingerprint density at radius 1 is 0.692 bits per heavy atom. The van der Waals surface area contributed by atoms with Crippen LogP contribution in [-0.2, 0) is 0 Å². The molecule has 26 heavy (non-hydrogen) atoms. The fourth-order valence-corrected chi connectivity index (χ4v) is 2.61. The average molecular weight is 361 g/mol. The molecule has 0 saturated heterocycles. The van der Waals surface area contributed by atoms with Crippen molar-refractivity contribution >= 4 is 0 Å². The normalized spacial score (nSPS) is 10.4. The number of hydrogen-bond donors (Lipinski definition) is 0. The summed E-state index contributed by atoms with van der Waals surface area (Å²) in [6, 6.07) is 3.78. The largest absolute Gasteiger partial charge is 0.490 e. The zero-order valence-corrected chi connectivity index (χ0v) is 16.9. The van der Waals surface area contributed by atoms with Crippen molar-refractivity contribution in [3.05, 3.63) is 17.7 Å². The second kappa shape index (κ2) is 14.4. The summed E-state index contributed by atoms with van der Waals surface area (Å²) in [5.41, 5.74) is 0.766. The highest BCUT2D eigenvalue weighted by atomic mass is 16.5. The third-order valence-corrected chi connectivity index (χ3v) is 4.19. The van der Waals surface area contributed by atoms with E-state index in [9.17, 15) is 0 Å². The molecule has 1 rings (SSSR count). The summed E-state index contributed by atoms with van der Waals surface area (Å²) in [4.78, 5) is 0. The van der Waals surface area contributed by atoms with Gasteiger partial charge < -0.3 is 14.2 Å². The minimum Gasteiger partial charge on any atom is -0.490 e. The predicted octanol–water partition coefficient (Wildman–Crippen LogP) is 6.37. The smallest absolute Gasteiger partial charge is 0.203 e. The highest BCUT2D eigenvalue weighted by Gasteiger charge is 2.15. The van der Waals surface area contributed by atoms with Crippen molar-refractivity contribution in [3.63, 3.8) is 0 Å². The lowest BCUT2D eigenvalue weighted by Gasteiger charge is -2.18. The van der Waals surface area contributed by atoms with E-state index in [0.29, 0.717) is 37.1 Å². The van der Waals surface area contributed by atoms with Crippen molar-refractivity contribution in [3.8, 4) is 29.6 Å². The Bertz CT molecular complexity index is 498. The maximum absolute atomic E-state index is 6.07. The molecule has 0 heterocycles. The molecule has 0 radical (unpaired) electrons. The second-order valence-electron chi connectivity index (χ2n) is 6.61. The van der Waals surface area contributed by atoms with E-state index in [1.165, 1.54) is 19.3 Å². The molecule has 146 valence electrons. The van der Waals surface area contributed by atoms with E-state index < -0.39 is 0 Å². The van der Waals surface area contributed by atoms with Crippen LogP contribution >= 0.6 is 0 Å². The maximum atomic E-state index is 6.07. The Morgan fingerprint density at radius 3 is 1.50 bits per heavy atom. The first kappa shape index (κ1) is 22.2. The molecular formula is C23H36O3. The van der Waals surface area contributed by atoms with Gasteiger partial charge in [-0.15, -0.1) is 6.42 Å². The molecule has 0 spiro atoms. The molecule has 3 nitrogen and oxygen atoms in total. The van der Waals surface area contributed by atoms with Gasteiger partial charge in [0.15, 0.2) is 11.5 Å². The van der Waals surface area contributed by atoms with Gasteiger partial charge in [-0.1, -0.05) is 65.2 Å². The summed E-state index contributed by atoms with van der Waals surface area (Å²) in [6.07, 6.45) is 15.7. The van der Waals surface area contributed by atoms with E-state index in [1.54, 1.807) is 0 Å². The number of rotatable bonds is 15. The lowest BCUT2D eigenvalue weighted by molar-refractivity contribution is 0.235. The average Bonchev–Trinajstić information content (AvgIpc) is 2.66. The lowest BCUT2D eigenvalue weighted by Crippen LogP contribution is -2.06. The van der Waals surface area contributed by atoms with Crippen LogP contribution < -0.4 is 14.2 Å². The number of unbranched alkanes of at least 4 members (excludes halogenated alkanes) is 6. The summed E-state index contributed by atoms with van der Waals surface area (Å²) in [5, 5.41) is 0. The van der Waals surface area contributed by atoms with E-state index in [2.05, 4.69) is 26.7 Å². The van der Waals surface area contributed by atoms with Crippen LogP contribution in [0.2, 0.25) is 0 Å². The summed E-state index contributed by atoms with van der Waals surface area (Å²) >= 11 is 0. The van der Waals surface area contributed by atoms with Gasteiger partial charge in [0.05, 0.1) is 19.8 Å². The fraction of sp³-hybridized carbons (Fsp3) is 0.652. The van der Waals surface area contributed by atoms with Gasteiger partial charge in [-0.3, -0.25) is 0 Å². The quantitative estimate of drug-likeness (QED) is 0.268. The van der Waals surface area contributed by atoms with Crippen LogP contribution in [0, 0.1) is 12.3 Å². The lowest BCUT2D eigenvalue weighted by atomic mass is 10.2. The topological polar surface area (TPSA) is 27.7 Å². The number of ether oxygens (including phenoxy) is 3. The van der Waals surface area contributed by atoms with Crippen LogP contribution in [0.1, 0.15) is 84.1 Å². The van der Waals surface area contributed by atoms with E-state index >= 15 is 0 Å². The van der Waals surface area contributed by atoms with Crippen molar-refractivity contribution in [2.45, 2.75) is 78.6 Å². The van der Waals surface area contributed by atoms with Crippen LogP contribution in [-0.4, -0.2) is 19.8 Å². The van der Waals surface area contributed by atoms with Gasteiger partial charge in [0.25, 0.3) is 0 Å². The van der Waals surface area contributed by atoms with Crippen LogP contribution in [0.5, 0.6) is 17.2 Å². The molecule has 0 atom stereocenters. The summed E-state index contributed by atoms with van der Waals surface area (Å²) in [6.45, 7) is 8.56. The van der Waals surface area contributed by atoms with Crippen molar-refractivity contribution in [2.24, 2.45) is 0 Å². The van der Waals surface area contributed by atoms with Crippen molar-refractivity contribution < 1.29 is 14.2 Å². The number of hydrogen-bond acceptors (Lipinski definition) is 3. The maximum Gasteiger partial charge on any atom is 0.203 e. The van der Waals surface area contributed by atoms with Gasteiger partial charge >= 0.3 is 0 Å². The molecule has 0 unspecified atom stereocenters. The number of benzene rings is 1. The molecule has 0 bridgehead atoms. The molecule has 0 N–H and O–H groups in total. The Morgan fingerprint density at radius 2 is 1.12 bits per heavy atom. The van der Waals surface area contributed by atoms with Crippen LogP contribution in [0.15, 0.2) is 12.1 Å². The van der Waals surface area contributed by atoms with Crippen molar-refractivity contribution in [1.82, 2.24) is 0 Å². The van der Waals surface area contributed by atoms with Crippen LogP contribution in [0.4, 0.5) is 0 Å². The summed E-state index contributed by atoms with van der Waals surface area (Å²) in [7, 11) is 0. The third kappa shape index (κ3) is 8.52. The van der Waals surface area contributed by atoms with Gasteiger partial charge in [-0.2, -0.15) is 0 Å². The Kier molecular flexibility index (Phi) is 12.3. The summed E-state index contributed by atoms with van der Waals surface area (Å²) in [5.74, 6) is 4.81. The van der Waals surface area contributed by atoms with Gasteiger partial charge in [0, 0.05) is 5.56 Å². The number of terminal acetylenes is 1. The molecule has 0 aliphatic rings. The second-order valence-corrected chi connectivity index (χ2v) is 6.61. The third-order valence-electron chi connectivity index (χ3n) is 4.19. The Labute approximate surface area is 160 Å². The van der Waals surface area contributed by atoms with Crippen LogP contribution in [0.3, 0.4) is 0 Å². The molecule has 0 amide bonds. The van der Waals surface area contributed by atoms with E-state index in [1.807, 2.05) is 12.1 Å². The molecule has 0 fully saturated rings. The SMILES string of the molecule is C#Cc1cc(OCCCCC)c(OCCCCC)c(OCCCCC)c1. The van der Waals surface area contributed by atoms with Crippen molar-refractivity contribution in [2.75, 3.05) is 19.8 Å². The first-order valence-corrected chi connectivity index (χ1v) is 10.3. The Balaban J connectivity index is 2.91. The zero-order valence-electron chi connectivity index (χ0n) is 16.9. The minimum absolute atomic E-state index is 0.667. The highest BCUT2D eigenvalue weighted by molar-refractivity contribution is 5.57. The van der Waals surface area contributed by atoms with Gasteiger partial charge in [-0.05, 0) is 31.4 Å². The molecule has 1 aromatic carbocycles. The first-order valence-electron chi connectivity index (χ1n) is 10.3. The molecule has 0 aliphatic heterocycles. The van der Waals surface area contributed by atoms with Gasteiger partial charge in [0.2, 0.25) is 5.75 Å². The predicted molar refractivity (Wildman–Crippen MR) is 109 cm³/mol. The molecule has 0 aromatic heterocycles. The van der Waals surface area contributed by atoms with Crippen LogP contribution in [0.25, 0.3) is 0 Å². The minimum atomic E-state index is 0.667. The summed E-state index contributed by atoms with van der Waals surface area (Å²) < 4.78 is 18.1. The monoisotopic (exact) mass is 360 g/mol. The highest BCUT2D eigenvalue weighted by Crippen LogP contribution is 2.39. The Hall–Kier alpha value is -1.82.